The number of carbonyl (C=O) groups excluding carboxylic acids is 1. The van der Waals surface area contributed by atoms with Crippen LogP contribution in [0, 0.1) is 5.92 Å². The second kappa shape index (κ2) is 6.08. The van der Waals surface area contributed by atoms with Gasteiger partial charge in [-0.05, 0) is 43.7 Å². The molecule has 5 nitrogen and oxygen atoms in total. The molecule has 1 aliphatic carbocycles. The molecule has 1 fully saturated rings. The number of fused-ring (bicyclic) bond motifs is 1. The number of nitrogens with one attached hydrogen (secondary N) is 1. The number of hydrazone groups is 1. The summed E-state index contributed by atoms with van der Waals surface area (Å²) in [6, 6.07) is 7.79. The van der Waals surface area contributed by atoms with Crippen molar-refractivity contribution >= 4 is 22.7 Å². The van der Waals surface area contributed by atoms with Crippen LogP contribution in [0.25, 0.3) is 11.0 Å². The number of imidazole rings is 1. The van der Waals surface area contributed by atoms with Crippen LogP contribution in [-0.2, 0) is 11.3 Å². The van der Waals surface area contributed by atoms with E-state index in [-0.39, 0.29) is 12.5 Å². The van der Waals surface area contributed by atoms with Gasteiger partial charge in [0.1, 0.15) is 6.54 Å². The van der Waals surface area contributed by atoms with Crippen molar-refractivity contribution in [3.05, 3.63) is 30.6 Å². The van der Waals surface area contributed by atoms with Gasteiger partial charge in [-0.25, -0.2) is 10.4 Å². The summed E-state index contributed by atoms with van der Waals surface area (Å²) in [5.74, 6) is 0.566. The molecule has 110 valence electrons. The highest BCUT2D eigenvalue weighted by atomic mass is 16.2. The van der Waals surface area contributed by atoms with Crippen LogP contribution >= 0.6 is 0 Å². The molecule has 1 saturated carbocycles. The van der Waals surface area contributed by atoms with Crippen molar-refractivity contribution in [1.29, 1.82) is 0 Å². The highest BCUT2D eigenvalue weighted by Crippen LogP contribution is 2.20. The van der Waals surface area contributed by atoms with E-state index in [1.165, 1.54) is 12.8 Å². The third-order valence-electron chi connectivity index (χ3n) is 3.93. The summed E-state index contributed by atoms with van der Waals surface area (Å²) in [4.78, 5) is 16.3. The Kier molecular flexibility index (Phi) is 3.99. The monoisotopic (exact) mass is 284 g/mol. The molecular weight excluding hydrogens is 264 g/mol. The Morgan fingerprint density at radius 1 is 1.48 bits per heavy atom. The zero-order chi connectivity index (χ0) is 14.7. The predicted octanol–water partition coefficient (Wildman–Crippen LogP) is 2.72. The van der Waals surface area contributed by atoms with Gasteiger partial charge in [0.05, 0.1) is 17.4 Å². The van der Waals surface area contributed by atoms with E-state index >= 15 is 0 Å². The summed E-state index contributed by atoms with van der Waals surface area (Å²) in [6.07, 6.45) is 6.11. The SMILES string of the molecule is CC1CCC/C(=N/NC(=O)Cn2cnc3ccccc32)C1. The summed E-state index contributed by atoms with van der Waals surface area (Å²) >= 11 is 0. The van der Waals surface area contributed by atoms with Crippen LogP contribution in [0.1, 0.15) is 32.6 Å². The van der Waals surface area contributed by atoms with E-state index in [0.29, 0.717) is 5.92 Å². The van der Waals surface area contributed by atoms with E-state index in [1.807, 2.05) is 28.8 Å². The first kappa shape index (κ1) is 13.8. The van der Waals surface area contributed by atoms with Gasteiger partial charge in [-0.1, -0.05) is 19.1 Å². The van der Waals surface area contributed by atoms with Gasteiger partial charge in [0, 0.05) is 5.71 Å². The van der Waals surface area contributed by atoms with Crippen LogP contribution in [0.3, 0.4) is 0 Å². The maximum absolute atomic E-state index is 12.0. The van der Waals surface area contributed by atoms with Crippen LogP contribution in [0.2, 0.25) is 0 Å². The first-order valence-electron chi connectivity index (χ1n) is 7.46. The van der Waals surface area contributed by atoms with E-state index in [4.69, 9.17) is 0 Å². The molecule has 0 spiro atoms. The molecule has 1 aromatic heterocycles. The number of para-hydroxylation sites is 2. The molecule has 0 bridgehead atoms. The topological polar surface area (TPSA) is 59.3 Å². The zero-order valence-corrected chi connectivity index (χ0v) is 12.2. The summed E-state index contributed by atoms with van der Waals surface area (Å²) in [6.45, 7) is 2.47. The Hall–Kier alpha value is -2.17. The van der Waals surface area contributed by atoms with Gasteiger partial charge in [-0.3, -0.25) is 4.79 Å². The maximum atomic E-state index is 12.0. The number of rotatable bonds is 3. The molecule has 1 aromatic carbocycles. The summed E-state index contributed by atoms with van der Waals surface area (Å²) in [5.41, 5.74) is 5.65. The minimum atomic E-state index is -0.108. The third-order valence-corrected chi connectivity index (χ3v) is 3.93. The fraction of sp³-hybridized carbons (Fsp3) is 0.438. The van der Waals surface area contributed by atoms with Crippen molar-refractivity contribution in [2.24, 2.45) is 11.0 Å². The fourth-order valence-electron chi connectivity index (χ4n) is 2.83. The smallest absolute Gasteiger partial charge is 0.260 e. The standard InChI is InChI=1S/C16H20N4O/c1-12-5-4-6-13(9-12)18-19-16(21)10-20-11-17-14-7-2-3-8-15(14)20/h2-3,7-8,11-12H,4-6,9-10H2,1H3,(H,19,21)/b18-13-. The van der Waals surface area contributed by atoms with Gasteiger partial charge in [-0.2, -0.15) is 5.10 Å². The largest absolute Gasteiger partial charge is 0.321 e. The molecule has 2 aromatic rings. The summed E-state index contributed by atoms with van der Waals surface area (Å²) in [5, 5.41) is 4.28. The summed E-state index contributed by atoms with van der Waals surface area (Å²) < 4.78 is 1.84. The number of aromatic nitrogens is 2. The molecule has 0 saturated heterocycles. The molecule has 0 radical (unpaired) electrons. The molecule has 1 heterocycles. The lowest BCUT2D eigenvalue weighted by atomic mass is 9.89. The average molecular weight is 284 g/mol. The minimum absolute atomic E-state index is 0.108. The molecule has 1 aliphatic rings. The van der Waals surface area contributed by atoms with Crippen LogP contribution in [0.15, 0.2) is 35.7 Å². The highest BCUT2D eigenvalue weighted by Gasteiger charge is 2.14. The first-order chi connectivity index (χ1) is 10.2. The van der Waals surface area contributed by atoms with Crippen LogP contribution in [0.4, 0.5) is 0 Å². The van der Waals surface area contributed by atoms with Gasteiger partial charge in [0.25, 0.3) is 5.91 Å². The van der Waals surface area contributed by atoms with Crippen molar-refractivity contribution < 1.29 is 4.79 Å². The Bertz CT molecular complexity index is 674. The number of amides is 1. The lowest BCUT2D eigenvalue weighted by molar-refractivity contribution is -0.121. The molecule has 5 heteroatoms. The highest BCUT2D eigenvalue weighted by molar-refractivity contribution is 5.87. The average Bonchev–Trinajstić information content (AvgIpc) is 2.89. The second-order valence-electron chi connectivity index (χ2n) is 5.78. The summed E-state index contributed by atoms with van der Waals surface area (Å²) in [7, 11) is 0. The molecule has 1 atom stereocenters. The number of carbonyl (C=O) groups is 1. The predicted molar refractivity (Wildman–Crippen MR) is 82.9 cm³/mol. The molecule has 0 aliphatic heterocycles. The third kappa shape index (κ3) is 3.29. The van der Waals surface area contributed by atoms with E-state index < -0.39 is 0 Å². The molecule has 21 heavy (non-hydrogen) atoms. The van der Waals surface area contributed by atoms with Crippen LogP contribution < -0.4 is 5.43 Å². The van der Waals surface area contributed by atoms with E-state index in [2.05, 4.69) is 22.4 Å². The van der Waals surface area contributed by atoms with Crippen molar-refractivity contribution in [2.75, 3.05) is 0 Å². The van der Waals surface area contributed by atoms with Crippen molar-refractivity contribution in [3.8, 4) is 0 Å². The van der Waals surface area contributed by atoms with E-state index in [9.17, 15) is 4.79 Å². The Morgan fingerprint density at radius 3 is 3.19 bits per heavy atom. The van der Waals surface area contributed by atoms with Crippen LogP contribution in [-0.4, -0.2) is 21.2 Å². The number of hydrogen-bond acceptors (Lipinski definition) is 3. The van der Waals surface area contributed by atoms with Gasteiger partial charge < -0.3 is 4.57 Å². The molecule has 1 amide bonds. The number of hydrogen-bond donors (Lipinski definition) is 1. The lowest BCUT2D eigenvalue weighted by Gasteiger charge is -2.18. The van der Waals surface area contributed by atoms with Crippen molar-refractivity contribution in [3.63, 3.8) is 0 Å². The van der Waals surface area contributed by atoms with Gasteiger partial charge in [0.15, 0.2) is 0 Å². The molecule has 1 N–H and O–H groups in total. The number of benzene rings is 1. The lowest BCUT2D eigenvalue weighted by Crippen LogP contribution is -2.25. The maximum Gasteiger partial charge on any atom is 0.260 e. The van der Waals surface area contributed by atoms with E-state index in [1.54, 1.807) is 6.33 Å². The van der Waals surface area contributed by atoms with Gasteiger partial charge in [0.2, 0.25) is 0 Å². The first-order valence-corrected chi connectivity index (χ1v) is 7.46. The Labute approximate surface area is 124 Å². The molecule has 3 rings (SSSR count). The molecule has 1 unspecified atom stereocenters. The quantitative estimate of drug-likeness (QED) is 0.881. The second-order valence-corrected chi connectivity index (χ2v) is 5.78. The van der Waals surface area contributed by atoms with Crippen molar-refractivity contribution in [1.82, 2.24) is 15.0 Å². The molecular formula is C16H20N4O. The van der Waals surface area contributed by atoms with Crippen LogP contribution in [0.5, 0.6) is 0 Å². The Balaban J connectivity index is 1.63. The normalized spacial score (nSPS) is 20.8. The van der Waals surface area contributed by atoms with Gasteiger partial charge in [-0.15, -0.1) is 0 Å². The van der Waals surface area contributed by atoms with E-state index in [0.717, 1.165) is 29.6 Å². The van der Waals surface area contributed by atoms with Gasteiger partial charge >= 0.3 is 0 Å². The fourth-order valence-corrected chi connectivity index (χ4v) is 2.83. The number of nitrogens with zero attached hydrogens (tertiary/aromatic N) is 3. The Morgan fingerprint density at radius 2 is 2.33 bits per heavy atom. The zero-order valence-electron chi connectivity index (χ0n) is 12.2. The minimum Gasteiger partial charge on any atom is -0.321 e. The van der Waals surface area contributed by atoms with Crippen molar-refractivity contribution in [2.45, 2.75) is 39.2 Å².